The van der Waals surface area contributed by atoms with E-state index in [0.717, 1.165) is 22.9 Å². The van der Waals surface area contributed by atoms with Gasteiger partial charge in [-0.15, -0.1) is 0 Å². The third-order valence-corrected chi connectivity index (χ3v) is 5.61. The first-order valence-corrected chi connectivity index (χ1v) is 10.4. The van der Waals surface area contributed by atoms with Crippen LogP contribution in [0.3, 0.4) is 0 Å². The van der Waals surface area contributed by atoms with E-state index in [-0.39, 0.29) is 12.1 Å². The lowest BCUT2D eigenvalue weighted by atomic mass is 9.83. The minimum Gasteiger partial charge on any atom is -0.444 e. The van der Waals surface area contributed by atoms with Crippen molar-refractivity contribution in [3.05, 3.63) is 69.2 Å². The zero-order chi connectivity index (χ0) is 19.6. The first-order valence-electron chi connectivity index (χ1n) is 9.23. The molecule has 3 rings (SSSR count). The summed E-state index contributed by atoms with van der Waals surface area (Å²) in [4.78, 5) is 14.7. The summed E-state index contributed by atoms with van der Waals surface area (Å²) in [5.74, 6) is 0.400. The molecule has 3 nitrogen and oxygen atoms in total. The van der Waals surface area contributed by atoms with Crippen molar-refractivity contribution in [3.63, 3.8) is 0 Å². The van der Waals surface area contributed by atoms with Gasteiger partial charge in [0.15, 0.2) is 0 Å². The SMILES string of the molecule is CC(C)(C)OC(=O)N1CCC(c2ccc(Br)cc2)CC1c1ccc(Cl)cc1. The molecule has 0 bridgehead atoms. The maximum absolute atomic E-state index is 12.8. The molecule has 1 heterocycles. The number of nitrogens with zero attached hydrogens (tertiary/aromatic N) is 1. The fourth-order valence-corrected chi connectivity index (χ4v) is 3.93. The van der Waals surface area contributed by atoms with Crippen LogP contribution in [0, 0.1) is 0 Å². The number of likely N-dealkylation sites (tertiary alicyclic amines) is 1. The van der Waals surface area contributed by atoms with Crippen molar-refractivity contribution in [2.75, 3.05) is 6.54 Å². The van der Waals surface area contributed by atoms with Crippen LogP contribution in [-0.4, -0.2) is 23.1 Å². The molecule has 5 heteroatoms. The van der Waals surface area contributed by atoms with Crippen LogP contribution in [0.2, 0.25) is 5.02 Å². The van der Waals surface area contributed by atoms with E-state index in [9.17, 15) is 4.79 Å². The van der Waals surface area contributed by atoms with Crippen LogP contribution in [-0.2, 0) is 4.74 Å². The Morgan fingerprint density at radius 1 is 1.07 bits per heavy atom. The van der Waals surface area contributed by atoms with E-state index >= 15 is 0 Å². The second-order valence-corrected chi connectivity index (χ2v) is 9.37. The van der Waals surface area contributed by atoms with Crippen LogP contribution in [0.15, 0.2) is 53.0 Å². The Morgan fingerprint density at radius 2 is 1.67 bits per heavy atom. The van der Waals surface area contributed by atoms with Gasteiger partial charge in [-0.1, -0.05) is 51.8 Å². The Balaban J connectivity index is 1.87. The van der Waals surface area contributed by atoms with Crippen LogP contribution in [0.1, 0.15) is 56.7 Å². The van der Waals surface area contributed by atoms with Crippen LogP contribution in [0.25, 0.3) is 0 Å². The molecule has 27 heavy (non-hydrogen) atoms. The molecule has 2 unspecified atom stereocenters. The Bertz CT molecular complexity index is 783. The highest BCUT2D eigenvalue weighted by molar-refractivity contribution is 9.10. The molecule has 0 aromatic heterocycles. The molecule has 0 N–H and O–H groups in total. The molecule has 0 radical (unpaired) electrons. The number of hydrogen-bond donors (Lipinski definition) is 0. The van der Waals surface area contributed by atoms with E-state index in [1.54, 1.807) is 0 Å². The molecule has 0 spiro atoms. The van der Waals surface area contributed by atoms with Gasteiger partial charge in [0.05, 0.1) is 6.04 Å². The molecule has 1 saturated heterocycles. The third kappa shape index (κ3) is 5.26. The lowest BCUT2D eigenvalue weighted by Crippen LogP contribution is -2.43. The van der Waals surface area contributed by atoms with Gasteiger partial charge in [0, 0.05) is 16.0 Å². The smallest absolute Gasteiger partial charge is 0.410 e. The molecule has 0 saturated carbocycles. The van der Waals surface area contributed by atoms with Gasteiger partial charge in [-0.25, -0.2) is 4.79 Å². The van der Waals surface area contributed by atoms with E-state index in [1.807, 2.05) is 49.9 Å². The number of amides is 1. The minimum atomic E-state index is -0.510. The normalized spacial score (nSPS) is 20.4. The summed E-state index contributed by atoms with van der Waals surface area (Å²) in [6.45, 7) is 6.37. The standard InChI is InChI=1S/C22H25BrClNO2/c1-22(2,3)27-21(26)25-13-12-17(15-4-8-18(23)9-5-15)14-20(25)16-6-10-19(24)11-7-16/h4-11,17,20H,12-14H2,1-3H3. The number of piperidine rings is 1. The van der Waals surface area contributed by atoms with Gasteiger partial charge < -0.3 is 9.64 Å². The molecule has 2 aromatic rings. The third-order valence-electron chi connectivity index (χ3n) is 4.83. The number of hydrogen-bond acceptors (Lipinski definition) is 2. The molecule has 144 valence electrons. The van der Waals surface area contributed by atoms with E-state index in [1.165, 1.54) is 5.56 Å². The predicted molar refractivity (Wildman–Crippen MR) is 113 cm³/mol. The zero-order valence-corrected chi connectivity index (χ0v) is 18.3. The number of halogens is 2. The highest BCUT2D eigenvalue weighted by Crippen LogP contribution is 2.40. The summed E-state index contributed by atoms with van der Waals surface area (Å²) in [5, 5.41) is 0.697. The van der Waals surface area contributed by atoms with Crippen LogP contribution in [0.5, 0.6) is 0 Å². The maximum Gasteiger partial charge on any atom is 0.410 e. The van der Waals surface area contributed by atoms with Crippen molar-refractivity contribution in [3.8, 4) is 0 Å². The minimum absolute atomic E-state index is 0.0282. The van der Waals surface area contributed by atoms with Gasteiger partial charge in [-0.05, 0) is 74.9 Å². The van der Waals surface area contributed by atoms with Crippen molar-refractivity contribution >= 4 is 33.6 Å². The van der Waals surface area contributed by atoms with E-state index in [0.29, 0.717) is 17.5 Å². The van der Waals surface area contributed by atoms with Crippen molar-refractivity contribution in [1.29, 1.82) is 0 Å². The Hall–Kier alpha value is -1.52. The maximum atomic E-state index is 12.8. The predicted octanol–water partition coefficient (Wildman–Crippen LogP) is 6.96. The fraction of sp³-hybridized carbons (Fsp3) is 0.409. The number of benzene rings is 2. The molecule has 1 amide bonds. The molecular weight excluding hydrogens is 426 g/mol. The highest BCUT2D eigenvalue weighted by atomic mass is 79.9. The first-order chi connectivity index (χ1) is 12.7. The lowest BCUT2D eigenvalue weighted by Gasteiger charge is -2.40. The van der Waals surface area contributed by atoms with Gasteiger partial charge in [0.1, 0.15) is 5.60 Å². The number of carbonyl (C=O) groups is 1. The molecule has 1 aliphatic heterocycles. The van der Waals surface area contributed by atoms with Gasteiger partial charge in [-0.3, -0.25) is 0 Å². The quantitative estimate of drug-likeness (QED) is 0.495. The van der Waals surface area contributed by atoms with Gasteiger partial charge in [-0.2, -0.15) is 0 Å². The van der Waals surface area contributed by atoms with Crippen molar-refractivity contribution in [2.45, 2.75) is 51.2 Å². The van der Waals surface area contributed by atoms with E-state index < -0.39 is 5.60 Å². The summed E-state index contributed by atoms with van der Waals surface area (Å²) in [6.07, 6.45) is 1.53. The number of rotatable bonds is 2. The highest BCUT2D eigenvalue weighted by Gasteiger charge is 2.35. The second kappa shape index (κ2) is 8.24. The lowest BCUT2D eigenvalue weighted by molar-refractivity contribution is 0.00764. The molecule has 0 aliphatic carbocycles. The fourth-order valence-electron chi connectivity index (χ4n) is 3.54. The molecule has 1 aliphatic rings. The largest absolute Gasteiger partial charge is 0.444 e. The average Bonchev–Trinajstić information content (AvgIpc) is 2.61. The van der Waals surface area contributed by atoms with E-state index in [2.05, 4.69) is 40.2 Å². The number of carbonyl (C=O) groups excluding carboxylic acids is 1. The van der Waals surface area contributed by atoms with Crippen molar-refractivity contribution in [2.24, 2.45) is 0 Å². The zero-order valence-electron chi connectivity index (χ0n) is 15.9. The molecular formula is C22H25BrClNO2. The monoisotopic (exact) mass is 449 g/mol. The van der Waals surface area contributed by atoms with Gasteiger partial charge >= 0.3 is 6.09 Å². The number of ether oxygens (including phenoxy) is 1. The Morgan fingerprint density at radius 3 is 2.26 bits per heavy atom. The molecule has 1 fully saturated rings. The Labute approximate surface area is 174 Å². The van der Waals surface area contributed by atoms with Crippen LogP contribution in [0.4, 0.5) is 4.79 Å². The van der Waals surface area contributed by atoms with Crippen LogP contribution < -0.4 is 0 Å². The van der Waals surface area contributed by atoms with Crippen LogP contribution >= 0.6 is 27.5 Å². The summed E-state index contributed by atoms with van der Waals surface area (Å²) < 4.78 is 6.74. The van der Waals surface area contributed by atoms with E-state index in [4.69, 9.17) is 16.3 Å². The summed E-state index contributed by atoms with van der Waals surface area (Å²) in [7, 11) is 0. The summed E-state index contributed by atoms with van der Waals surface area (Å²) in [5.41, 5.74) is 1.89. The first kappa shape index (κ1) is 20.2. The molecule has 2 aromatic carbocycles. The van der Waals surface area contributed by atoms with Gasteiger partial charge in [0.25, 0.3) is 0 Å². The topological polar surface area (TPSA) is 29.5 Å². The summed E-state index contributed by atoms with van der Waals surface area (Å²) in [6, 6.07) is 16.2. The second-order valence-electron chi connectivity index (χ2n) is 8.01. The summed E-state index contributed by atoms with van der Waals surface area (Å²) >= 11 is 9.57. The molecule has 2 atom stereocenters. The van der Waals surface area contributed by atoms with Crippen molar-refractivity contribution in [1.82, 2.24) is 4.90 Å². The average molecular weight is 451 g/mol. The van der Waals surface area contributed by atoms with Crippen molar-refractivity contribution < 1.29 is 9.53 Å². The Kier molecular flexibility index (Phi) is 6.17. The van der Waals surface area contributed by atoms with Gasteiger partial charge in [0.2, 0.25) is 0 Å².